The van der Waals surface area contributed by atoms with Gasteiger partial charge in [0.15, 0.2) is 5.11 Å². The van der Waals surface area contributed by atoms with E-state index in [4.69, 9.17) is 17.0 Å². The summed E-state index contributed by atoms with van der Waals surface area (Å²) in [6.07, 6.45) is 2.77. The number of methoxy groups -OCH3 is 1. The van der Waals surface area contributed by atoms with Crippen molar-refractivity contribution in [3.05, 3.63) is 82.9 Å². The quantitative estimate of drug-likeness (QED) is 0.427. The first-order valence-corrected chi connectivity index (χ1v) is 11.2. The van der Waals surface area contributed by atoms with Crippen molar-refractivity contribution in [2.24, 2.45) is 0 Å². The van der Waals surface area contributed by atoms with Crippen LogP contribution in [0.4, 0.5) is 0 Å². The number of thiocarbonyl (C=S) groups is 1. The second kappa shape index (κ2) is 9.20. The van der Waals surface area contributed by atoms with Crippen molar-refractivity contribution in [3.8, 4) is 5.69 Å². The Balaban J connectivity index is 1.84. The van der Waals surface area contributed by atoms with Crippen LogP contribution in [0.3, 0.4) is 0 Å². The van der Waals surface area contributed by atoms with Gasteiger partial charge in [0, 0.05) is 49.1 Å². The number of aromatic nitrogens is 2. The molecule has 3 aromatic rings. The summed E-state index contributed by atoms with van der Waals surface area (Å²) in [6.45, 7) is 8.18. The Morgan fingerprint density at radius 2 is 1.77 bits per heavy atom. The molecule has 0 bridgehead atoms. The van der Waals surface area contributed by atoms with Gasteiger partial charge in [-0.1, -0.05) is 24.3 Å². The third kappa shape index (κ3) is 3.98. The van der Waals surface area contributed by atoms with Crippen LogP contribution in [-0.4, -0.2) is 39.8 Å². The van der Waals surface area contributed by atoms with Crippen molar-refractivity contribution in [1.29, 1.82) is 0 Å². The number of hydrogen-bond acceptors (Lipinski definition) is 3. The highest BCUT2D eigenvalue weighted by molar-refractivity contribution is 7.80. The fourth-order valence-electron chi connectivity index (χ4n) is 4.75. The summed E-state index contributed by atoms with van der Waals surface area (Å²) >= 11 is 5.80. The summed E-state index contributed by atoms with van der Waals surface area (Å²) in [5.41, 5.74) is 7.31. The van der Waals surface area contributed by atoms with E-state index < -0.39 is 0 Å². The molecule has 162 valence electrons. The van der Waals surface area contributed by atoms with Crippen molar-refractivity contribution in [2.75, 3.05) is 20.3 Å². The predicted molar refractivity (Wildman–Crippen MR) is 129 cm³/mol. The zero-order valence-corrected chi connectivity index (χ0v) is 19.4. The summed E-state index contributed by atoms with van der Waals surface area (Å²) in [5.74, 6) is 0. The summed E-state index contributed by atoms with van der Waals surface area (Å²) in [4.78, 5) is 6.99. The van der Waals surface area contributed by atoms with E-state index in [-0.39, 0.29) is 12.1 Å². The molecule has 1 saturated heterocycles. The van der Waals surface area contributed by atoms with Crippen molar-refractivity contribution >= 4 is 17.3 Å². The molecule has 3 heterocycles. The molecular formula is C25H30N4OS. The van der Waals surface area contributed by atoms with E-state index in [1.807, 2.05) is 18.3 Å². The molecule has 1 aromatic carbocycles. The smallest absolute Gasteiger partial charge is 0.170 e. The zero-order chi connectivity index (χ0) is 22.0. The highest BCUT2D eigenvalue weighted by Gasteiger charge is 2.42. The Labute approximate surface area is 190 Å². The Morgan fingerprint density at radius 3 is 2.45 bits per heavy atom. The van der Waals surface area contributed by atoms with Crippen LogP contribution < -0.4 is 5.32 Å². The summed E-state index contributed by atoms with van der Waals surface area (Å²) < 4.78 is 7.67. The molecule has 5 nitrogen and oxygen atoms in total. The molecule has 1 N–H and O–H groups in total. The van der Waals surface area contributed by atoms with Gasteiger partial charge in [0.2, 0.25) is 0 Å². The van der Waals surface area contributed by atoms with Crippen LogP contribution in [0.25, 0.3) is 5.69 Å². The minimum absolute atomic E-state index is 0.000307. The van der Waals surface area contributed by atoms with Gasteiger partial charge in [-0.05, 0) is 69.2 Å². The minimum atomic E-state index is -0.000307. The number of rotatable bonds is 7. The molecule has 0 aliphatic carbocycles. The third-order valence-electron chi connectivity index (χ3n) is 6.26. The topological polar surface area (TPSA) is 42.3 Å². The lowest BCUT2D eigenvalue weighted by Gasteiger charge is -2.29. The predicted octanol–water partition coefficient (Wildman–Crippen LogP) is 4.81. The molecule has 1 aliphatic rings. The Hall–Kier alpha value is -2.70. The van der Waals surface area contributed by atoms with Crippen LogP contribution in [0, 0.1) is 20.8 Å². The molecule has 4 rings (SSSR count). The van der Waals surface area contributed by atoms with Crippen LogP contribution in [0.1, 0.15) is 46.7 Å². The van der Waals surface area contributed by atoms with Crippen molar-refractivity contribution < 1.29 is 4.74 Å². The number of nitrogens with zero attached hydrogens (tertiary/aromatic N) is 3. The molecule has 2 unspecified atom stereocenters. The molecule has 31 heavy (non-hydrogen) atoms. The molecular weight excluding hydrogens is 404 g/mol. The van der Waals surface area contributed by atoms with Crippen molar-refractivity contribution in [1.82, 2.24) is 19.8 Å². The van der Waals surface area contributed by atoms with Gasteiger partial charge in [-0.15, -0.1) is 0 Å². The van der Waals surface area contributed by atoms with Gasteiger partial charge in [0.1, 0.15) is 0 Å². The molecule has 1 aliphatic heterocycles. The maximum absolute atomic E-state index is 5.80. The summed E-state index contributed by atoms with van der Waals surface area (Å²) in [5, 5.41) is 4.34. The fourth-order valence-corrected chi connectivity index (χ4v) is 5.08. The van der Waals surface area contributed by atoms with Crippen LogP contribution in [-0.2, 0) is 4.74 Å². The fraction of sp³-hybridized carbons (Fsp3) is 0.360. The largest absolute Gasteiger partial charge is 0.385 e. The summed E-state index contributed by atoms with van der Waals surface area (Å²) in [6, 6.07) is 16.7. The van der Waals surface area contributed by atoms with E-state index in [9.17, 15) is 0 Å². The van der Waals surface area contributed by atoms with Gasteiger partial charge in [0.05, 0.1) is 17.8 Å². The van der Waals surface area contributed by atoms with Gasteiger partial charge < -0.3 is 19.5 Å². The average molecular weight is 435 g/mol. The van der Waals surface area contributed by atoms with E-state index in [0.717, 1.165) is 23.8 Å². The molecule has 2 atom stereocenters. The summed E-state index contributed by atoms with van der Waals surface area (Å²) in [7, 11) is 1.74. The van der Waals surface area contributed by atoms with Crippen molar-refractivity contribution in [3.63, 3.8) is 0 Å². The Bertz CT molecular complexity index is 1050. The average Bonchev–Trinajstić information content (AvgIpc) is 3.22. The number of ether oxygens (including phenoxy) is 1. The lowest BCUT2D eigenvalue weighted by atomic mass is 9.93. The maximum atomic E-state index is 5.80. The third-order valence-corrected chi connectivity index (χ3v) is 6.62. The number of pyridine rings is 1. The monoisotopic (exact) mass is 434 g/mol. The second-order valence-corrected chi connectivity index (χ2v) is 8.43. The van der Waals surface area contributed by atoms with E-state index in [0.29, 0.717) is 6.61 Å². The standard InChI is InChI=1S/C25H30N4OS/c1-17-18(2)29(20-11-6-5-7-12-20)19(3)22(17)24-23(21-13-8-9-14-26-21)27-25(31)28(24)15-10-16-30-4/h5-9,11-14,23-24H,10,15-16H2,1-4H3,(H,27,31). The molecule has 0 saturated carbocycles. The van der Waals surface area contributed by atoms with Gasteiger partial charge in [-0.25, -0.2) is 0 Å². The Kier molecular flexibility index (Phi) is 6.39. The first-order valence-electron chi connectivity index (χ1n) is 10.8. The lowest BCUT2D eigenvalue weighted by Crippen LogP contribution is -2.31. The van der Waals surface area contributed by atoms with Crippen LogP contribution >= 0.6 is 12.2 Å². The molecule has 1 fully saturated rings. The normalized spacial score (nSPS) is 18.5. The van der Waals surface area contributed by atoms with Crippen LogP contribution in [0.5, 0.6) is 0 Å². The highest BCUT2D eigenvalue weighted by Crippen LogP contribution is 2.43. The van der Waals surface area contributed by atoms with E-state index >= 15 is 0 Å². The highest BCUT2D eigenvalue weighted by atomic mass is 32.1. The van der Waals surface area contributed by atoms with E-state index in [2.05, 4.69) is 76.9 Å². The molecule has 0 amide bonds. The van der Waals surface area contributed by atoms with Gasteiger partial charge in [0.25, 0.3) is 0 Å². The first kappa shape index (κ1) is 21.5. The first-order chi connectivity index (χ1) is 15.0. The van der Waals surface area contributed by atoms with Crippen molar-refractivity contribution in [2.45, 2.75) is 39.3 Å². The van der Waals surface area contributed by atoms with Crippen LogP contribution in [0.15, 0.2) is 54.7 Å². The number of para-hydroxylation sites is 1. The van der Waals surface area contributed by atoms with Gasteiger partial charge >= 0.3 is 0 Å². The molecule has 0 spiro atoms. The number of hydrogen-bond donors (Lipinski definition) is 1. The van der Waals surface area contributed by atoms with Gasteiger partial charge in [-0.3, -0.25) is 4.98 Å². The number of benzene rings is 1. The molecule has 0 radical (unpaired) electrons. The van der Waals surface area contributed by atoms with Crippen LogP contribution in [0.2, 0.25) is 0 Å². The van der Waals surface area contributed by atoms with Gasteiger partial charge in [-0.2, -0.15) is 0 Å². The molecule has 2 aromatic heterocycles. The SMILES string of the molecule is COCCCN1C(=S)NC(c2ccccn2)C1c1c(C)c(C)n(-c2ccccc2)c1C. The second-order valence-electron chi connectivity index (χ2n) is 8.05. The maximum Gasteiger partial charge on any atom is 0.170 e. The van der Waals surface area contributed by atoms with E-state index in [1.165, 1.54) is 28.2 Å². The number of nitrogens with one attached hydrogen (secondary N) is 1. The molecule has 6 heteroatoms. The van der Waals surface area contributed by atoms with E-state index in [1.54, 1.807) is 7.11 Å². The zero-order valence-electron chi connectivity index (χ0n) is 18.6. The minimum Gasteiger partial charge on any atom is -0.385 e. The Morgan fingerprint density at radius 1 is 1.03 bits per heavy atom. The lowest BCUT2D eigenvalue weighted by molar-refractivity contribution is 0.180.